The van der Waals surface area contributed by atoms with Crippen molar-refractivity contribution in [2.24, 2.45) is 0 Å². The van der Waals surface area contributed by atoms with Gasteiger partial charge in [0.2, 0.25) is 15.9 Å². The molecular formula is C22H26N2O4S. The lowest BCUT2D eigenvalue weighted by molar-refractivity contribution is -0.111. The second-order valence-corrected chi connectivity index (χ2v) is 8.66. The van der Waals surface area contributed by atoms with Gasteiger partial charge in [-0.2, -0.15) is 4.31 Å². The van der Waals surface area contributed by atoms with Crippen molar-refractivity contribution in [1.29, 1.82) is 0 Å². The quantitative estimate of drug-likeness (QED) is 0.697. The normalized spacial score (nSPS) is 15.3. The Bertz CT molecular complexity index is 980. The number of nitrogens with one attached hydrogen (secondary N) is 1. The predicted octanol–water partition coefficient (Wildman–Crippen LogP) is 3.91. The van der Waals surface area contributed by atoms with E-state index in [0.29, 0.717) is 25.4 Å². The molecule has 0 aliphatic carbocycles. The number of carbonyl (C=O) groups is 1. The Morgan fingerprint density at radius 1 is 1.07 bits per heavy atom. The Labute approximate surface area is 172 Å². The molecule has 1 heterocycles. The van der Waals surface area contributed by atoms with Gasteiger partial charge < -0.3 is 10.1 Å². The molecule has 6 nitrogen and oxygen atoms in total. The summed E-state index contributed by atoms with van der Waals surface area (Å²) >= 11 is 0. The molecule has 7 heteroatoms. The molecule has 2 aromatic carbocycles. The lowest BCUT2D eigenvalue weighted by Gasteiger charge is -2.26. The van der Waals surface area contributed by atoms with Gasteiger partial charge >= 0.3 is 0 Å². The molecule has 154 valence electrons. The Balaban J connectivity index is 1.78. The first-order chi connectivity index (χ1) is 14.0. The molecule has 0 atom stereocenters. The molecule has 0 unspecified atom stereocenters. The lowest BCUT2D eigenvalue weighted by atomic mass is 10.2. The molecule has 1 N–H and O–H groups in total. The Hall–Kier alpha value is -2.64. The molecule has 1 aliphatic rings. The van der Waals surface area contributed by atoms with E-state index in [4.69, 9.17) is 4.74 Å². The van der Waals surface area contributed by atoms with Crippen molar-refractivity contribution >= 4 is 27.7 Å². The van der Waals surface area contributed by atoms with Gasteiger partial charge in [0.25, 0.3) is 0 Å². The topological polar surface area (TPSA) is 75.7 Å². The number of hydrogen-bond donors (Lipinski definition) is 1. The molecule has 0 saturated carbocycles. The smallest absolute Gasteiger partial charge is 0.248 e. The molecule has 3 rings (SSSR count). The van der Waals surface area contributed by atoms with Gasteiger partial charge in [-0.15, -0.1) is 0 Å². The molecule has 1 aliphatic heterocycles. The van der Waals surface area contributed by atoms with Crippen LogP contribution >= 0.6 is 0 Å². The van der Waals surface area contributed by atoms with Gasteiger partial charge in [0.15, 0.2) is 0 Å². The maximum absolute atomic E-state index is 13.0. The Kier molecular flexibility index (Phi) is 7.06. The summed E-state index contributed by atoms with van der Waals surface area (Å²) in [6.07, 6.45) is 5.79. The molecule has 0 spiro atoms. The minimum atomic E-state index is -3.64. The fraction of sp³-hybridized carbons (Fsp3) is 0.318. The van der Waals surface area contributed by atoms with Gasteiger partial charge in [0.05, 0.1) is 12.3 Å². The first-order valence-electron chi connectivity index (χ1n) is 9.82. The van der Waals surface area contributed by atoms with Crippen LogP contribution in [0.25, 0.3) is 6.08 Å². The summed E-state index contributed by atoms with van der Waals surface area (Å²) in [5.74, 6) is 0.282. The number of carbonyl (C=O) groups excluding carboxylic acids is 1. The van der Waals surface area contributed by atoms with Gasteiger partial charge in [0, 0.05) is 24.7 Å². The zero-order valence-corrected chi connectivity index (χ0v) is 17.3. The van der Waals surface area contributed by atoms with Crippen LogP contribution in [0.4, 0.5) is 5.69 Å². The highest BCUT2D eigenvalue weighted by atomic mass is 32.2. The standard InChI is InChI=1S/C22H26N2O4S/c1-2-28-20-12-6-4-10-18(20)14-15-22(25)23-19-11-5-7-13-21(19)29(26,27)24-16-8-3-9-17-24/h4-7,10-15H,2-3,8-9,16-17H2,1H3,(H,23,25)/b15-14+. The van der Waals surface area contributed by atoms with Gasteiger partial charge in [-0.3, -0.25) is 4.79 Å². The fourth-order valence-electron chi connectivity index (χ4n) is 3.28. The molecule has 1 fully saturated rings. The van der Waals surface area contributed by atoms with Crippen LogP contribution in [0.2, 0.25) is 0 Å². The van der Waals surface area contributed by atoms with Crippen molar-refractivity contribution in [3.05, 3.63) is 60.2 Å². The number of amides is 1. The average molecular weight is 415 g/mol. The van der Waals surface area contributed by atoms with Crippen molar-refractivity contribution in [3.8, 4) is 5.75 Å². The lowest BCUT2D eigenvalue weighted by Crippen LogP contribution is -2.36. The van der Waals surface area contributed by atoms with Gasteiger partial charge in [-0.25, -0.2) is 8.42 Å². The van der Waals surface area contributed by atoms with Crippen molar-refractivity contribution in [2.45, 2.75) is 31.1 Å². The number of sulfonamides is 1. The summed E-state index contributed by atoms with van der Waals surface area (Å²) in [6, 6.07) is 13.9. The molecule has 0 aromatic heterocycles. The van der Waals surface area contributed by atoms with E-state index < -0.39 is 15.9 Å². The minimum absolute atomic E-state index is 0.123. The second-order valence-electron chi connectivity index (χ2n) is 6.75. The van der Waals surface area contributed by atoms with Gasteiger partial charge in [-0.1, -0.05) is 36.8 Å². The average Bonchev–Trinajstić information content (AvgIpc) is 2.74. The zero-order valence-electron chi connectivity index (χ0n) is 16.5. The number of para-hydroxylation sites is 2. The third kappa shape index (κ3) is 5.25. The number of nitrogens with zero attached hydrogens (tertiary/aromatic N) is 1. The summed E-state index contributed by atoms with van der Waals surface area (Å²) in [5, 5.41) is 2.71. The number of rotatable bonds is 7. The molecule has 29 heavy (non-hydrogen) atoms. The number of benzene rings is 2. The van der Waals surface area contributed by atoms with Gasteiger partial charge in [-0.05, 0) is 44.0 Å². The van der Waals surface area contributed by atoms with Crippen molar-refractivity contribution in [2.75, 3.05) is 25.0 Å². The number of anilines is 1. The minimum Gasteiger partial charge on any atom is -0.493 e. The monoisotopic (exact) mass is 414 g/mol. The fourth-order valence-corrected chi connectivity index (χ4v) is 4.95. The number of hydrogen-bond acceptors (Lipinski definition) is 4. The molecular weight excluding hydrogens is 388 g/mol. The third-order valence-corrected chi connectivity index (χ3v) is 6.67. The van der Waals surface area contributed by atoms with Crippen LogP contribution in [0, 0.1) is 0 Å². The predicted molar refractivity (Wildman–Crippen MR) is 114 cm³/mol. The van der Waals surface area contributed by atoms with E-state index in [9.17, 15) is 13.2 Å². The van der Waals surface area contributed by atoms with Crippen LogP contribution in [0.3, 0.4) is 0 Å². The van der Waals surface area contributed by atoms with Crippen LogP contribution in [-0.4, -0.2) is 38.3 Å². The number of piperidine rings is 1. The summed E-state index contributed by atoms with van der Waals surface area (Å²) in [6.45, 7) is 3.45. The second kappa shape index (κ2) is 9.71. The summed E-state index contributed by atoms with van der Waals surface area (Å²) in [4.78, 5) is 12.6. The van der Waals surface area contributed by atoms with Crippen molar-refractivity contribution in [1.82, 2.24) is 4.31 Å². The van der Waals surface area contributed by atoms with E-state index in [2.05, 4.69) is 5.32 Å². The van der Waals surface area contributed by atoms with E-state index in [1.807, 2.05) is 31.2 Å². The molecule has 0 bridgehead atoms. The zero-order chi connectivity index (χ0) is 20.7. The highest BCUT2D eigenvalue weighted by Gasteiger charge is 2.28. The van der Waals surface area contributed by atoms with Gasteiger partial charge in [0.1, 0.15) is 10.6 Å². The van der Waals surface area contributed by atoms with Crippen LogP contribution in [0.1, 0.15) is 31.7 Å². The van der Waals surface area contributed by atoms with Crippen LogP contribution in [0.15, 0.2) is 59.5 Å². The van der Waals surface area contributed by atoms with E-state index >= 15 is 0 Å². The van der Waals surface area contributed by atoms with Crippen LogP contribution in [-0.2, 0) is 14.8 Å². The first kappa shape index (κ1) is 21.1. The van der Waals surface area contributed by atoms with E-state index in [0.717, 1.165) is 24.8 Å². The maximum atomic E-state index is 13.0. The molecule has 1 amide bonds. The van der Waals surface area contributed by atoms with Crippen molar-refractivity contribution < 1.29 is 17.9 Å². The summed E-state index contributed by atoms with van der Waals surface area (Å²) in [5.41, 5.74) is 1.06. The summed E-state index contributed by atoms with van der Waals surface area (Å²) < 4.78 is 33.1. The van der Waals surface area contributed by atoms with Crippen LogP contribution < -0.4 is 10.1 Å². The number of ether oxygens (including phenoxy) is 1. The third-order valence-electron chi connectivity index (χ3n) is 4.71. The van der Waals surface area contributed by atoms with E-state index in [1.54, 1.807) is 24.3 Å². The highest BCUT2D eigenvalue weighted by Crippen LogP contribution is 2.27. The van der Waals surface area contributed by atoms with Crippen LogP contribution in [0.5, 0.6) is 5.75 Å². The Morgan fingerprint density at radius 2 is 1.76 bits per heavy atom. The highest BCUT2D eigenvalue weighted by molar-refractivity contribution is 7.89. The van der Waals surface area contributed by atoms with Crippen molar-refractivity contribution in [3.63, 3.8) is 0 Å². The molecule has 1 saturated heterocycles. The SMILES string of the molecule is CCOc1ccccc1/C=C/C(=O)Nc1ccccc1S(=O)(=O)N1CCCCC1. The molecule has 2 aromatic rings. The van der Waals surface area contributed by atoms with E-state index in [-0.39, 0.29) is 10.6 Å². The first-order valence-corrected chi connectivity index (χ1v) is 11.3. The molecule has 0 radical (unpaired) electrons. The van der Waals surface area contributed by atoms with E-state index in [1.165, 1.54) is 16.4 Å². The Morgan fingerprint density at radius 3 is 2.52 bits per heavy atom. The summed E-state index contributed by atoms with van der Waals surface area (Å²) in [7, 11) is -3.64. The largest absolute Gasteiger partial charge is 0.493 e. The maximum Gasteiger partial charge on any atom is 0.248 e.